The van der Waals surface area contributed by atoms with Gasteiger partial charge < -0.3 is 14.8 Å². The summed E-state index contributed by atoms with van der Waals surface area (Å²) in [5.41, 5.74) is 3.10. The van der Waals surface area contributed by atoms with Gasteiger partial charge in [0.1, 0.15) is 16.9 Å². The molecule has 186 valence electrons. The van der Waals surface area contributed by atoms with E-state index in [1.807, 2.05) is 47.4 Å². The number of H-pyrrole nitrogens is 1. The molecule has 0 aliphatic carbocycles. The molecule has 5 aromatic rings. The Morgan fingerprint density at radius 2 is 1.59 bits per heavy atom. The largest absolute Gasteiger partial charge is 0.368 e. The van der Waals surface area contributed by atoms with Crippen molar-refractivity contribution in [3.05, 3.63) is 95.0 Å². The Balaban J connectivity index is 1.28. The predicted molar refractivity (Wildman–Crippen MR) is 145 cm³/mol. The summed E-state index contributed by atoms with van der Waals surface area (Å²) in [5.74, 6) is -0.251. The summed E-state index contributed by atoms with van der Waals surface area (Å²) in [6, 6.07) is 23.5. The molecule has 0 unspecified atom stereocenters. The fraction of sp³-hybridized carbons (Fsp3) is 0.179. The molecule has 0 atom stereocenters. The maximum Gasteiger partial charge on any atom is 0.283 e. The van der Waals surface area contributed by atoms with E-state index in [-0.39, 0.29) is 17.2 Å². The van der Waals surface area contributed by atoms with Gasteiger partial charge in [0.15, 0.2) is 5.16 Å². The average Bonchev–Trinajstić information content (AvgIpc) is 3.32. The summed E-state index contributed by atoms with van der Waals surface area (Å²) < 4.78 is 15.1. The van der Waals surface area contributed by atoms with Crippen molar-refractivity contribution in [3.8, 4) is 5.69 Å². The van der Waals surface area contributed by atoms with Gasteiger partial charge in [-0.25, -0.2) is 9.37 Å². The number of anilines is 1. The molecule has 3 aromatic carbocycles. The lowest BCUT2D eigenvalue weighted by Gasteiger charge is -2.36. The molecule has 1 N–H and O–H groups in total. The number of fused-ring (bicyclic) bond motifs is 3. The third-order valence-corrected chi connectivity index (χ3v) is 7.58. The number of para-hydroxylation sites is 2. The van der Waals surface area contributed by atoms with Crippen molar-refractivity contribution in [3.63, 3.8) is 0 Å². The molecule has 0 bridgehead atoms. The first-order chi connectivity index (χ1) is 18.1. The summed E-state index contributed by atoms with van der Waals surface area (Å²) in [6.45, 7) is 2.79. The van der Waals surface area contributed by atoms with Gasteiger partial charge >= 0.3 is 0 Å². The average molecular weight is 514 g/mol. The highest BCUT2D eigenvalue weighted by molar-refractivity contribution is 7.99. The smallest absolute Gasteiger partial charge is 0.283 e. The molecule has 1 aliphatic rings. The van der Waals surface area contributed by atoms with Gasteiger partial charge in [0.25, 0.3) is 5.56 Å². The molecule has 1 fully saturated rings. The van der Waals surface area contributed by atoms with E-state index in [0.29, 0.717) is 35.0 Å². The van der Waals surface area contributed by atoms with Crippen LogP contribution in [0.4, 0.5) is 10.1 Å². The number of nitrogens with zero attached hydrogens (tertiary/aromatic N) is 4. The monoisotopic (exact) mass is 513 g/mol. The summed E-state index contributed by atoms with van der Waals surface area (Å²) in [5, 5.41) is 1.23. The fourth-order valence-electron chi connectivity index (χ4n) is 4.73. The number of hydrogen-bond donors (Lipinski definition) is 1. The number of rotatable bonds is 5. The van der Waals surface area contributed by atoms with Crippen molar-refractivity contribution in [2.75, 3.05) is 36.8 Å². The van der Waals surface area contributed by atoms with Gasteiger partial charge in [0.05, 0.1) is 11.4 Å². The van der Waals surface area contributed by atoms with Crippen LogP contribution >= 0.6 is 11.8 Å². The summed E-state index contributed by atoms with van der Waals surface area (Å²) in [4.78, 5) is 38.9. The van der Waals surface area contributed by atoms with Crippen LogP contribution in [-0.4, -0.2) is 57.3 Å². The molecular weight excluding hydrogens is 489 g/mol. The van der Waals surface area contributed by atoms with E-state index in [4.69, 9.17) is 4.98 Å². The first-order valence-electron chi connectivity index (χ1n) is 12.1. The molecule has 1 amide bonds. The Morgan fingerprint density at radius 1 is 0.892 bits per heavy atom. The highest BCUT2D eigenvalue weighted by Gasteiger charge is 2.23. The van der Waals surface area contributed by atoms with Crippen LogP contribution in [-0.2, 0) is 4.79 Å². The Bertz CT molecular complexity index is 1640. The van der Waals surface area contributed by atoms with Gasteiger partial charge in [-0.2, -0.15) is 0 Å². The molecule has 0 spiro atoms. The highest BCUT2D eigenvalue weighted by Crippen LogP contribution is 2.27. The third-order valence-electron chi connectivity index (χ3n) is 6.66. The Hall–Kier alpha value is -4.11. The normalized spacial score (nSPS) is 14.0. The standard InChI is InChI=1S/C28H24FN5O2S/c29-19-10-12-21(13-11-19)34-27(36)26-25(22-8-4-5-9-23(22)30-26)31-28(34)37-18-24(35)33-16-14-32(15-17-33)20-6-2-1-3-7-20/h1-13,30H,14-18H2. The van der Waals surface area contributed by atoms with Gasteiger partial charge in [0.2, 0.25) is 5.91 Å². The minimum atomic E-state index is -0.393. The van der Waals surface area contributed by atoms with E-state index in [2.05, 4.69) is 22.0 Å². The lowest BCUT2D eigenvalue weighted by Crippen LogP contribution is -2.49. The molecule has 6 rings (SSSR count). The number of thioether (sulfide) groups is 1. The van der Waals surface area contributed by atoms with E-state index in [0.717, 1.165) is 29.7 Å². The number of nitrogens with one attached hydrogen (secondary N) is 1. The first kappa shape index (κ1) is 23.3. The second-order valence-corrected chi connectivity index (χ2v) is 9.84. The van der Waals surface area contributed by atoms with Gasteiger partial charge in [-0.15, -0.1) is 0 Å². The van der Waals surface area contributed by atoms with E-state index < -0.39 is 5.82 Å². The molecule has 2 aromatic heterocycles. The molecule has 0 radical (unpaired) electrons. The van der Waals surface area contributed by atoms with Crippen LogP contribution < -0.4 is 10.5 Å². The van der Waals surface area contributed by atoms with E-state index in [1.54, 1.807) is 12.1 Å². The molecule has 7 nitrogen and oxygen atoms in total. The Kier molecular flexibility index (Phi) is 6.13. The topological polar surface area (TPSA) is 74.2 Å². The number of benzene rings is 3. The first-order valence-corrected chi connectivity index (χ1v) is 13.1. The number of hydrogen-bond acceptors (Lipinski definition) is 5. The zero-order valence-corrected chi connectivity index (χ0v) is 20.7. The lowest BCUT2D eigenvalue weighted by atomic mass is 10.2. The quantitative estimate of drug-likeness (QED) is 0.278. The van der Waals surface area contributed by atoms with Crippen LogP contribution in [0.5, 0.6) is 0 Å². The van der Waals surface area contributed by atoms with Crippen LogP contribution in [0.15, 0.2) is 88.8 Å². The van der Waals surface area contributed by atoms with Crippen LogP contribution in [0.3, 0.4) is 0 Å². The van der Waals surface area contributed by atoms with Crippen molar-refractivity contribution < 1.29 is 9.18 Å². The zero-order chi connectivity index (χ0) is 25.4. The minimum absolute atomic E-state index is 0.00311. The SMILES string of the molecule is O=C(CSc1nc2c([nH]c3ccccc32)c(=O)n1-c1ccc(F)cc1)N1CCN(c2ccccc2)CC1. The number of halogens is 1. The second-order valence-electron chi connectivity index (χ2n) is 8.90. The fourth-order valence-corrected chi connectivity index (χ4v) is 5.64. The number of piperazine rings is 1. The van der Waals surface area contributed by atoms with Gasteiger partial charge in [-0.1, -0.05) is 48.2 Å². The van der Waals surface area contributed by atoms with E-state index >= 15 is 0 Å². The molecular formula is C28H24FN5O2S. The molecule has 0 saturated carbocycles. The molecule has 1 saturated heterocycles. The van der Waals surface area contributed by atoms with Crippen molar-refractivity contribution in [2.45, 2.75) is 5.16 Å². The molecule has 37 heavy (non-hydrogen) atoms. The summed E-state index contributed by atoms with van der Waals surface area (Å²) in [7, 11) is 0. The van der Waals surface area contributed by atoms with Crippen LogP contribution in [0.25, 0.3) is 27.6 Å². The summed E-state index contributed by atoms with van der Waals surface area (Å²) >= 11 is 1.23. The van der Waals surface area contributed by atoms with Crippen molar-refractivity contribution >= 4 is 45.3 Å². The van der Waals surface area contributed by atoms with Crippen LogP contribution in [0.1, 0.15) is 0 Å². The number of amides is 1. The Morgan fingerprint density at radius 3 is 2.35 bits per heavy atom. The molecule has 1 aliphatic heterocycles. The maximum absolute atomic E-state index is 13.6. The number of carbonyl (C=O) groups excluding carboxylic acids is 1. The number of aromatic nitrogens is 3. The van der Waals surface area contributed by atoms with Crippen molar-refractivity contribution in [1.82, 2.24) is 19.4 Å². The lowest BCUT2D eigenvalue weighted by molar-refractivity contribution is -0.128. The Labute approximate surface area is 216 Å². The van der Waals surface area contributed by atoms with Gasteiger partial charge in [0, 0.05) is 42.8 Å². The van der Waals surface area contributed by atoms with Crippen molar-refractivity contribution in [1.29, 1.82) is 0 Å². The molecule has 9 heteroatoms. The summed E-state index contributed by atoms with van der Waals surface area (Å²) in [6.07, 6.45) is 0. The third kappa shape index (κ3) is 4.46. The van der Waals surface area contributed by atoms with Crippen LogP contribution in [0.2, 0.25) is 0 Å². The van der Waals surface area contributed by atoms with E-state index in [9.17, 15) is 14.0 Å². The predicted octanol–water partition coefficient (Wildman–Crippen LogP) is 4.45. The van der Waals surface area contributed by atoms with Crippen molar-refractivity contribution in [2.24, 2.45) is 0 Å². The number of aromatic amines is 1. The second kappa shape index (κ2) is 9.74. The number of carbonyl (C=O) groups is 1. The van der Waals surface area contributed by atoms with E-state index in [1.165, 1.54) is 28.5 Å². The van der Waals surface area contributed by atoms with Gasteiger partial charge in [-0.05, 0) is 42.5 Å². The highest BCUT2D eigenvalue weighted by atomic mass is 32.2. The van der Waals surface area contributed by atoms with Gasteiger partial charge in [-0.3, -0.25) is 14.2 Å². The maximum atomic E-state index is 13.6. The van der Waals surface area contributed by atoms with Crippen LogP contribution in [0, 0.1) is 5.82 Å². The minimum Gasteiger partial charge on any atom is -0.368 e. The zero-order valence-electron chi connectivity index (χ0n) is 19.9. The molecule has 3 heterocycles.